The number of aromatic nitrogens is 5. The Kier molecular flexibility index (Phi) is 3.22. The Hall–Kier alpha value is -2.90. The van der Waals surface area contributed by atoms with Crippen LogP contribution in [0.5, 0.6) is 0 Å². The maximum atomic E-state index is 11.1. The molecule has 1 aliphatic heterocycles. The number of nitrogens with two attached hydrogens (primary N) is 1. The van der Waals surface area contributed by atoms with Crippen molar-refractivity contribution < 1.29 is 4.79 Å². The van der Waals surface area contributed by atoms with Crippen LogP contribution < -0.4 is 10.6 Å². The monoisotopic (exact) mass is 311 g/mol. The minimum atomic E-state index is -0.603. The lowest BCUT2D eigenvalue weighted by atomic mass is 10.1. The molecule has 4 rings (SSSR count). The summed E-state index contributed by atoms with van der Waals surface area (Å²) in [5.74, 6) is 0.325. The summed E-state index contributed by atoms with van der Waals surface area (Å²) >= 11 is 0. The second kappa shape index (κ2) is 5.38. The van der Waals surface area contributed by atoms with Crippen LogP contribution in [0.1, 0.15) is 29.5 Å². The third-order valence-electron chi connectivity index (χ3n) is 4.18. The lowest BCUT2D eigenvalue weighted by Crippen LogP contribution is -2.37. The molecule has 1 aliphatic rings. The van der Waals surface area contributed by atoms with Crippen LogP contribution in [0.2, 0.25) is 0 Å². The van der Waals surface area contributed by atoms with Crippen LogP contribution in [0.3, 0.4) is 0 Å². The summed E-state index contributed by atoms with van der Waals surface area (Å²) in [7, 11) is 0. The van der Waals surface area contributed by atoms with Gasteiger partial charge in [0.15, 0.2) is 0 Å². The van der Waals surface area contributed by atoms with Gasteiger partial charge in [-0.15, -0.1) is 5.10 Å². The molecule has 0 spiro atoms. The summed E-state index contributed by atoms with van der Waals surface area (Å²) in [4.78, 5) is 25.3. The summed E-state index contributed by atoms with van der Waals surface area (Å²) < 4.78 is 1.73. The van der Waals surface area contributed by atoms with Crippen molar-refractivity contribution in [1.29, 1.82) is 0 Å². The maximum Gasteiger partial charge on any atom is 0.288 e. The second-order valence-electron chi connectivity index (χ2n) is 5.73. The molecule has 1 aromatic carbocycles. The highest BCUT2D eigenvalue weighted by molar-refractivity contribution is 5.88. The number of primary amides is 1. The number of rotatable bonds is 3. The van der Waals surface area contributed by atoms with Gasteiger partial charge in [-0.1, -0.05) is 12.1 Å². The molecule has 0 aliphatic carbocycles. The zero-order valence-corrected chi connectivity index (χ0v) is 12.5. The molecule has 23 heavy (non-hydrogen) atoms. The van der Waals surface area contributed by atoms with Gasteiger partial charge < -0.3 is 15.6 Å². The number of hydrogen-bond acceptors (Lipinski definition) is 5. The highest BCUT2D eigenvalue weighted by atomic mass is 16.1. The van der Waals surface area contributed by atoms with E-state index in [4.69, 9.17) is 5.73 Å². The quantitative estimate of drug-likeness (QED) is 0.753. The van der Waals surface area contributed by atoms with E-state index in [-0.39, 0.29) is 11.9 Å². The molecule has 3 heterocycles. The molecule has 0 radical (unpaired) electrons. The van der Waals surface area contributed by atoms with Crippen molar-refractivity contribution in [3.05, 3.63) is 36.4 Å². The predicted molar refractivity (Wildman–Crippen MR) is 85.1 cm³/mol. The number of hydrogen-bond donors (Lipinski definition) is 2. The highest BCUT2D eigenvalue weighted by Crippen LogP contribution is 2.25. The Morgan fingerprint density at radius 2 is 2.22 bits per heavy atom. The smallest absolute Gasteiger partial charge is 0.288 e. The lowest BCUT2D eigenvalue weighted by Gasteiger charge is -2.32. The zero-order chi connectivity index (χ0) is 15.8. The number of benzene rings is 1. The first-order chi connectivity index (χ1) is 11.2. The summed E-state index contributed by atoms with van der Waals surface area (Å²) in [6.07, 6.45) is 3.58. The Balaban J connectivity index is 1.57. The van der Waals surface area contributed by atoms with Gasteiger partial charge in [0.2, 0.25) is 11.8 Å². The number of nitrogens with zero attached hydrogens (tertiary/aromatic N) is 5. The number of carbonyl (C=O) groups is 1. The number of carbonyl (C=O) groups excluding carboxylic acids is 1. The molecule has 8 nitrogen and oxygen atoms in total. The van der Waals surface area contributed by atoms with E-state index < -0.39 is 5.91 Å². The molecule has 1 atom stereocenters. The summed E-state index contributed by atoms with van der Waals surface area (Å²) in [6.45, 7) is 1.70. The van der Waals surface area contributed by atoms with E-state index >= 15 is 0 Å². The molecule has 8 heteroatoms. The molecule has 1 fully saturated rings. The van der Waals surface area contributed by atoms with Gasteiger partial charge in [-0.05, 0) is 25.0 Å². The Bertz CT molecular complexity index is 819. The fourth-order valence-corrected chi connectivity index (χ4v) is 3.02. The van der Waals surface area contributed by atoms with Crippen LogP contribution in [-0.4, -0.2) is 43.7 Å². The van der Waals surface area contributed by atoms with Crippen molar-refractivity contribution in [3.63, 3.8) is 0 Å². The molecule has 1 saturated heterocycles. The molecule has 1 amide bonds. The molecule has 0 saturated carbocycles. The van der Waals surface area contributed by atoms with Crippen molar-refractivity contribution in [2.75, 3.05) is 18.0 Å². The van der Waals surface area contributed by atoms with E-state index in [2.05, 4.69) is 25.0 Å². The number of para-hydroxylation sites is 2. The van der Waals surface area contributed by atoms with E-state index in [9.17, 15) is 4.79 Å². The standard InChI is InChI=1S/C15H17N7O/c16-13(23)14-17-9-22(20-14)10-4-3-7-21(8-10)15-18-11-5-1-2-6-12(11)19-15/h1-2,5-6,9-10H,3-4,7-8H2,(H2,16,23)(H,18,19). The van der Waals surface area contributed by atoms with Gasteiger partial charge in [-0.2, -0.15) is 0 Å². The van der Waals surface area contributed by atoms with Crippen LogP contribution in [0, 0.1) is 0 Å². The van der Waals surface area contributed by atoms with Crippen molar-refractivity contribution in [2.24, 2.45) is 5.73 Å². The van der Waals surface area contributed by atoms with Gasteiger partial charge in [-0.25, -0.2) is 14.6 Å². The third kappa shape index (κ3) is 2.52. The number of H-pyrrole nitrogens is 1. The molecular formula is C15H17N7O. The summed E-state index contributed by atoms with van der Waals surface area (Å²) in [6, 6.07) is 8.13. The van der Waals surface area contributed by atoms with Gasteiger partial charge in [0.05, 0.1) is 17.1 Å². The minimum absolute atomic E-state index is 0.0610. The highest BCUT2D eigenvalue weighted by Gasteiger charge is 2.24. The molecule has 3 aromatic rings. The number of amides is 1. The van der Waals surface area contributed by atoms with E-state index in [1.807, 2.05) is 24.3 Å². The minimum Gasteiger partial charge on any atom is -0.363 e. The van der Waals surface area contributed by atoms with Crippen LogP contribution >= 0.6 is 0 Å². The van der Waals surface area contributed by atoms with Crippen LogP contribution in [-0.2, 0) is 0 Å². The Morgan fingerprint density at radius 3 is 3.00 bits per heavy atom. The first-order valence-electron chi connectivity index (χ1n) is 7.61. The summed E-state index contributed by atoms with van der Waals surface area (Å²) in [5, 5.41) is 4.18. The molecular weight excluding hydrogens is 294 g/mol. The van der Waals surface area contributed by atoms with Crippen LogP contribution in [0.4, 0.5) is 5.95 Å². The van der Waals surface area contributed by atoms with Crippen molar-refractivity contribution in [2.45, 2.75) is 18.9 Å². The first kappa shape index (κ1) is 13.7. The number of anilines is 1. The Morgan fingerprint density at radius 1 is 1.35 bits per heavy atom. The second-order valence-corrected chi connectivity index (χ2v) is 5.73. The molecule has 1 unspecified atom stereocenters. The Labute approximate surface area is 132 Å². The number of aromatic amines is 1. The maximum absolute atomic E-state index is 11.1. The normalized spacial score (nSPS) is 18.4. The first-order valence-corrected chi connectivity index (χ1v) is 7.61. The number of fused-ring (bicyclic) bond motifs is 1. The van der Waals surface area contributed by atoms with Crippen molar-refractivity contribution in [3.8, 4) is 0 Å². The van der Waals surface area contributed by atoms with Crippen molar-refractivity contribution >= 4 is 22.9 Å². The number of piperidine rings is 1. The van der Waals surface area contributed by atoms with Gasteiger partial charge in [-0.3, -0.25) is 4.79 Å². The van der Waals surface area contributed by atoms with Crippen molar-refractivity contribution in [1.82, 2.24) is 24.7 Å². The largest absolute Gasteiger partial charge is 0.363 e. The molecule has 2 aromatic heterocycles. The number of nitrogens with one attached hydrogen (secondary N) is 1. The van der Waals surface area contributed by atoms with E-state index in [1.165, 1.54) is 0 Å². The SMILES string of the molecule is NC(=O)c1ncn(C2CCCN(c3nc4ccccc4[nH]3)C2)n1. The average molecular weight is 311 g/mol. The van der Waals surface area contributed by atoms with Gasteiger partial charge in [0, 0.05) is 13.1 Å². The van der Waals surface area contributed by atoms with E-state index in [0.29, 0.717) is 0 Å². The van der Waals surface area contributed by atoms with Gasteiger partial charge in [0.25, 0.3) is 5.91 Å². The fourth-order valence-electron chi connectivity index (χ4n) is 3.02. The van der Waals surface area contributed by atoms with Crippen LogP contribution in [0.15, 0.2) is 30.6 Å². The van der Waals surface area contributed by atoms with E-state index in [0.717, 1.165) is 42.9 Å². The molecule has 118 valence electrons. The lowest BCUT2D eigenvalue weighted by molar-refractivity contribution is 0.0990. The predicted octanol–water partition coefficient (Wildman–Crippen LogP) is 1.09. The van der Waals surface area contributed by atoms with E-state index in [1.54, 1.807) is 11.0 Å². The average Bonchev–Trinajstić information content (AvgIpc) is 3.22. The molecule has 3 N–H and O–H groups in total. The topological polar surface area (TPSA) is 106 Å². The van der Waals surface area contributed by atoms with Crippen LogP contribution in [0.25, 0.3) is 11.0 Å². The third-order valence-corrected chi connectivity index (χ3v) is 4.18. The van der Waals surface area contributed by atoms with Gasteiger partial charge >= 0.3 is 0 Å². The summed E-state index contributed by atoms with van der Waals surface area (Å²) in [5.41, 5.74) is 7.20. The number of imidazole rings is 1. The molecule has 0 bridgehead atoms. The zero-order valence-electron chi connectivity index (χ0n) is 12.5. The fraction of sp³-hybridized carbons (Fsp3) is 0.333. The van der Waals surface area contributed by atoms with Gasteiger partial charge in [0.1, 0.15) is 6.33 Å².